The summed E-state index contributed by atoms with van der Waals surface area (Å²) in [6, 6.07) is 4.18. The molecule has 2 aliphatic heterocycles. The largest absolute Gasteiger partial charge is 0.497 e. The summed E-state index contributed by atoms with van der Waals surface area (Å²) >= 11 is 0. The fourth-order valence-electron chi connectivity index (χ4n) is 3.45. The summed E-state index contributed by atoms with van der Waals surface area (Å²) in [5.74, 6) is 2.35. The van der Waals surface area contributed by atoms with Gasteiger partial charge in [-0.3, -0.25) is 4.90 Å². The van der Waals surface area contributed by atoms with Crippen molar-refractivity contribution in [3.05, 3.63) is 23.3 Å². The van der Waals surface area contributed by atoms with Crippen molar-refractivity contribution in [1.29, 1.82) is 0 Å². The van der Waals surface area contributed by atoms with Crippen LogP contribution in [0.4, 0.5) is 0 Å². The number of fused-ring (bicyclic) bond motifs is 1. The summed E-state index contributed by atoms with van der Waals surface area (Å²) in [7, 11) is 1.71. The summed E-state index contributed by atoms with van der Waals surface area (Å²) in [5, 5.41) is 9.74. The van der Waals surface area contributed by atoms with E-state index in [-0.39, 0.29) is 12.2 Å². The summed E-state index contributed by atoms with van der Waals surface area (Å²) < 4.78 is 11.4. The third-order valence-corrected chi connectivity index (χ3v) is 4.66. The van der Waals surface area contributed by atoms with Gasteiger partial charge < -0.3 is 14.6 Å². The van der Waals surface area contributed by atoms with E-state index in [4.69, 9.17) is 9.47 Å². The van der Waals surface area contributed by atoms with E-state index in [1.807, 2.05) is 6.92 Å². The highest BCUT2D eigenvalue weighted by Crippen LogP contribution is 2.37. The van der Waals surface area contributed by atoms with Crippen molar-refractivity contribution in [2.24, 2.45) is 5.92 Å². The molecule has 0 aliphatic carbocycles. The third-order valence-electron chi connectivity index (χ3n) is 4.66. The molecule has 4 heteroatoms. The highest BCUT2D eigenvalue weighted by atomic mass is 16.5. The molecule has 3 unspecified atom stereocenters. The molecule has 3 atom stereocenters. The lowest BCUT2D eigenvalue weighted by atomic mass is 10.0. The van der Waals surface area contributed by atoms with Gasteiger partial charge in [0, 0.05) is 30.6 Å². The maximum absolute atomic E-state index is 9.74. The molecule has 0 aromatic heterocycles. The van der Waals surface area contributed by atoms with Gasteiger partial charge in [-0.1, -0.05) is 0 Å². The minimum Gasteiger partial charge on any atom is -0.497 e. The van der Waals surface area contributed by atoms with Crippen LogP contribution >= 0.6 is 0 Å². The second-order valence-electron chi connectivity index (χ2n) is 6.43. The number of likely N-dealkylation sites (tertiary alicyclic amines) is 1. The van der Waals surface area contributed by atoms with Crippen LogP contribution in [0.5, 0.6) is 11.5 Å². The normalized spacial score (nSPS) is 26.5. The van der Waals surface area contributed by atoms with Gasteiger partial charge in [-0.2, -0.15) is 0 Å². The highest BCUT2D eigenvalue weighted by Gasteiger charge is 2.29. The average Bonchev–Trinajstić information content (AvgIpc) is 3.04. The maximum Gasteiger partial charge on any atom is 0.127 e. The Balaban J connectivity index is 1.78. The van der Waals surface area contributed by atoms with Crippen molar-refractivity contribution >= 4 is 0 Å². The zero-order valence-electron chi connectivity index (χ0n) is 13.1. The van der Waals surface area contributed by atoms with Crippen molar-refractivity contribution in [1.82, 2.24) is 4.90 Å². The van der Waals surface area contributed by atoms with Crippen LogP contribution in [0.1, 0.15) is 31.4 Å². The summed E-state index contributed by atoms with van der Waals surface area (Å²) in [6.07, 6.45) is 2.05. The monoisotopic (exact) mass is 291 g/mol. The van der Waals surface area contributed by atoms with Gasteiger partial charge in [0.05, 0.1) is 13.2 Å². The van der Waals surface area contributed by atoms with Gasteiger partial charge in [-0.25, -0.2) is 0 Å². The first kappa shape index (κ1) is 14.7. The average molecular weight is 291 g/mol. The van der Waals surface area contributed by atoms with E-state index in [0.717, 1.165) is 44.0 Å². The van der Waals surface area contributed by atoms with Crippen molar-refractivity contribution < 1.29 is 14.6 Å². The minimum absolute atomic E-state index is 0.220. The smallest absolute Gasteiger partial charge is 0.127 e. The molecule has 0 radical (unpaired) electrons. The first-order valence-electron chi connectivity index (χ1n) is 7.83. The van der Waals surface area contributed by atoms with Crippen LogP contribution in [0.15, 0.2) is 12.1 Å². The molecule has 1 fully saturated rings. The standard InChI is InChI=1S/C17H25NO3/c1-11-6-14-7-16(20-3)8-15(17(14)21-11)10-18-5-4-13(9-18)12(2)19/h7-8,11-13,19H,4-6,9-10H2,1-3H3. The number of aliphatic hydroxyl groups is 1. The van der Waals surface area contributed by atoms with E-state index in [9.17, 15) is 5.11 Å². The second kappa shape index (κ2) is 5.85. The molecule has 0 bridgehead atoms. The van der Waals surface area contributed by atoms with E-state index in [2.05, 4.69) is 24.0 Å². The number of methoxy groups -OCH3 is 1. The predicted octanol–water partition coefficient (Wildman–Crippen LogP) is 2.22. The number of ether oxygens (including phenoxy) is 2. The van der Waals surface area contributed by atoms with Crippen LogP contribution in [-0.2, 0) is 13.0 Å². The molecule has 4 nitrogen and oxygen atoms in total. The lowest BCUT2D eigenvalue weighted by Crippen LogP contribution is -2.24. The Bertz CT molecular complexity index is 515. The van der Waals surface area contributed by atoms with E-state index in [0.29, 0.717) is 5.92 Å². The molecule has 1 aromatic rings. The Kier molecular flexibility index (Phi) is 4.09. The quantitative estimate of drug-likeness (QED) is 0.923. The number of aliphatic hydroxyl groups excluding tert-OH is 1. The Morgan fingerprint density at radius 2 is 2.29 bits per heavy atom. The van der Waals surface area contributed by atoms with Gasteiger partial charge in [-0.05, 0) is 44.9 Å². The molecular weight excluding hydrogens is 266 g/mol. The topological polar surface area (TPSA) is 41.9 Å². The molecule has 2 aliphatic rings. The molecule has 21 heavy (non-hydrogen) atoms. The van der Waals surface area contributed by atoms with Gasteiger partial charge in [0.2, 0.25) is 0 Å². The number of nitrogens with zero attached hydrogens (tertiary/aromatic N) is 1. The Morgan fingerprint density at radius 3 is 2.95 bits per heavy atom. The summed E-state index contributed by atoms with van der Waals surface area (Å²) in [6.45, 7) is 6.86. The predicted molar refractivity (Wildman–Crippen MR) is 81.9 cm³/mol. The zero-order chi connectivity index (χ0) is 15.0. The fraction of sp³-hybridized carbons (Fsp3) is 0.647. The van der Waals surface area contributed by atoms with Gasteiger partial charge >= 0.3 is 0 Å². The van der Waals surface area contributed by atoms with Gasteiger partial charge in [0.25, 0.3) is 0 Å². The van der Waals surface area contributed by atoms with Crippen LogP contribution in [0.25, 0.3) is 0 Å². The van der Waals surface area contributed by atoms with Crippen LogP contribution in [0, 0.1) is 5.92 Å². The van der Waals surface area contributed by atoms with Crippen molar-refractivity contribution in [3.63, 3.8) is 0 Å². The summed E-state index contributed by atoms with van der Waals surface area (Å²) in [5.41, 5.74) is 2.46. The zero-order valence-corrected chi connectivity index (χ0v) is 13.1. The number of rotatable bonds is 4. The Labute approximate surface area is 126 Å². The van der Waals surface area contributed by atoms with E-state index < -0.39 is 0 Å². The van der Waals surface area contributed by atoms with Crippen LogP contribution in [0.3, 0.4) is 0 Å². The Hall–Kier alpha value is -1.26. The number of hydrogen-bond donors (Lipinski definition) is 1. The highest BCUT2D eigenvalue weighted by molar-refractivity contribution is 5.49. The molecule has 1 N–H and O–H groups in total. The number of hydrogen-bond acceptors (Lipinski definition) is 4. The maximum atomic E-state index is 9.74. The molecule has 3 rings (SSSR count). The summed E-state index contributed by atoms with van der Waals surface area (Å²) in [4.78, 5) is 2.40. The van der Waals surface area contributed by atoms with Crippen molar-refractivity contribution in [3.8, 4) is 11.5 Å². The van der Waals surface area contributed by atoms with Crippen LogP contribution in [0.2, 0.25) is 0 Å². The van der Waals surface area contributed by atoms with E-state index in [1.165, 1.54) is 11.1 Å². The molecule has 0 spiro atoms. The Morgan fingerprint density at radius 1 is 1.48 bits per heavy atom. The fourth-order valence-corrected chi connectivity index (χ4v) is 3.45. The van der Waals surface area contributed by atoms with Gasteiger partial charge in [0.15, 0.2) is 0 Å². The van der Waals surface area contributed by atoms with Crippen LogP contribution < -0.4 is 9.47 Å². The first-order valence-corrected chi connectivity index (χ1v) is 7.83. The van der Waals surface area contributed by atoms with E-state index in [1.54, 1.807) is 7.11 Å². The molecular formula is C17H25NO3. The molecule has 0 saturated carbocycles. The number of benzene rings is 1. The minimum atomic E-state index is -0.220. The molecule has 1 aromatic carbocycles. The van der Waals surface area contributed by atoms with Gasteiger partial charge in [-0.15, -0.1) is 0 Å². The van der Waals surface area contributed by atoms with Gasteiger partial charge in [0.1, 0.15) is 17.6 Å². The SMILES string of the molecule is COc1cc2c(c(CN3CCC(C(C)O)C3)c1)OC(C)C2. The lowest BCUT2D eigenvalue weighted by Gasteiger charge is -2.19. The second-order valence-corrected chi connectivity index (χ2v) is 6.43. The van der Waals surface area contributed by atoms with Crippen LogP contribution in [-0.4, -0.2) is 42.4 Å². The van der Waals surface area contributed by atoms with Crippen molar-refractivity contribution in [2.75, 3.05) is 20.2 Å². The molecule has 116 valence electrons. The van der Waals surface area contributed by atoms with Crippen molar-refractivity contribution in [2.45, 2.75) is 45.4 Å². The first-order chi connectivity index (χ1) is 10.1. The molecule has 2 heterocycles. The lowest BCUT2D eigenvalue weighted by molar-refractivity contribution is 0.127. The molecule has 1 saturated heterocycles. The third kappa shape index (κ3) is 3.01. The van der Waals surface area contributed by atoms with E-state index >= 15 is 0 Å². The molecule has 0 amide bonds.